The van der Waals surface area contributed by atoms with Gasteiger partial charge in [-0.15, -0.1) is 0 Å². The van der Waals surface area contributed by atoms with Crippen LogP contribution in [0, 0.1) is 16.0 Å². The summed E-state index contributed by atoms with van der Waals surface area (Å²) in [6.07, 6.45) is 4.56. The molecular formula is C14H24N4O2. The van der Waals surface area contributed by atoms with Crippen LogP contribution in [0.1, 0.15) is 39.5 Å². The molecule has 0 bridgehead atoms. The van der Waals surface area contributed by atoms with Crippen molar-refractivity contribution >= 4 is 17.1 Å². The number of nitrogens with one attached hydrogen (secondary N) is 2. The number of nitro groups is 1. The predicted molar refractivity (Wildman–Crippen MR) is 82.7 cm³/mol. The van der Waals surface area contributed by atoms with E-state index in [1.54, 1.807) is 18.2 Å². The van der Waals surface area contributed by atoms with Crippen LogP contribution in [-0.4, -0.2) is 11.5 Å². The first-order chi connectivity index (χ1) is 9.63. The van der Waals surface area contributed by atoms with Crippen LogP contribution in [0.2, 0.25) is 0 Å². The van der Waals surface area contributed by atoms with Crippen molar-refractivity contribution in [1.82, 2.24) is 0 Å². The van der Waals surface area contributed by atoms with Gasteiger partial charge in [0.15, 0.2) is 0 Å². The molecule has 0 aliphatic rings. The first-order valence-corrected chi connectivity index (χ1v) is 7.11. The van der Waals surface area contributed by atoms with Crippen LogP contribution in [0.3, 0.4) is 0 Å². The number of unbranched alkanes of at least 4 members (excludes halogenated alkanes) is 1. The molecule has 1 aromatic carbocycles. The number of nitrogens with zero attached hydrogens (tertiary/aromatic N) is 1. The summed E-state index contributed by atoms with van der Waals surface area (Å²) in [6, 6.07) is 5.06. The van der Waals surface area contributed by atoms with Gasteiger partial charge in [0.1, 0.15) is 11.4 Å². The van der Waals surface area contributed by atoms with E-state index in [-0.39, 0.29) is 5.69 Å². The molecule has 20 heavy (non-hydrogen) atoms. The van der Waals surface area contributed by atoms with Gasteiger partial charge in [0, 0.05) is 6.54 Å². The van der Waals surface area contributed by atoms with Crippen LogP contribution in [0.4, 0.5) is 17.1 Å². The van der Waals surface area contributed by atoms with Crippen molar-refractivity contribution in [1.29, 1.82) is 0 Å². The van der Waals surface area contributed by atoms with Crippen molar-refractivity contribution in [2.45, 2.75) is 39.5 Å². The molecule has 0 fully saturated rings. The van der Waals surface area contributed by atoms with Gasteiger partial charge in [-0.05, 0) is 24.5 Å². The lowest BCUT2D eigenvalue weighted by molar-refractivity contribution is -0.383. The smallest absolute Gasteiger partial charge is 0.316 e. The third-order valence-corrected chi connectivity index (χ3v) is 3.50. The molecule has 112 valence electrons. The number of rotatable bonds is 9. The molecule has 0 radical (unpaired) electrons. The van der Waals surface area contributed by atoms with E-state index in [4.69, 9.17) is 5.84 Å². The van der Waals surface area contributed by atoms with Gasteiger partial charge in [-0.2, -0.15) is 0 Å². The fourth-order valence-corrected chi connectivity index (χ4v) is 2.20. The maximum absolute atomic E-state index is 11.2. The zero-order valence-electron chi connectivity index (χ0n) is 12.2. The lowest BCUT2D eigenvalue weighted by Crippen LogP contribution is -2.16. The van der Waals surface area contributed by atoms with Crippen molar-refractivity contribution in [2.75, 3.05) is 17.3 Å². The molecule has 0 amide bonds. The second kappa shape index (κ2) is 8.37. The largest absolute Gasteiger partial charge is 0.379 e. The van der Waals surface area contributed by atoms with Crippen LogP contribution in [0.5, 0.6) is 0 Å². The standard InChI is InChI=1S/C14H24N4O2/c1-3-5-7-11(4-2)10-16-12-8-6-9-13(17-15)14(12)18(19)20/h6,8-9,11,16-17H,3-5,7,10,15H2,1-2H3. The Kier molecular flexibility index (Phi) is 6.79. The Balaban J connectivity index is 2.78. The van der Waals surface area contributed by atoms with E-state index in [2.05, 4.69) is 24.6 Å². The van der Waals surface area contributed by atoms with Gasteiger partial charge >= 0.3 is 5.69 Å². The van der Waals surface area contributed by atoms with Gasteiger partial charge in [0.05, 0.1) is 4.92 Å². The number of nitro benzene ring substituents is 1. The van der Waals surface area contributed by atoms with Gasteiger partial charge in [-0.1, -0.05) is 39.2 Å². The number of hydrazine groups is 1. The molecule has 1 rings (SSSR count). The summed E-state index contributed by atoms with van der Waals surface area (Å²) in [5, 5.41) is 14.3. The zero-order valence-corrected chi connectivity index (χ0v) is 12.2. The Bertz CT molecular complexity index is 437. The number of nitrogen functional groups attached to an aromatic ring is 1. The molecule has 0 saturated carbocycles. The van der Waals surface area contributed by atoms with E-state index in [1.807, 2.05) is 0 Å². The summed E-state index contributed by atoms with van der Waals surface area (Å²) >= 11 is 0. The normalized spacial score (nSPS) is 11.9. The number of hydrogen-bond acceptors (Lipinski definition) is 5. The quantitative estimate of drug-likeness (QED) is 0.365. The number of hydrogen-bond donors (Lipinski definition) is 3. The average Bonchev–Trinajstić information content (AvgIpc) is 2.46. The van der Waals surface area contributed by atoms with Crippen LogP contribution in [0.15, 0.2) is 18.2 Å². The lowest BCUT2D eigenvalue weighted by atomic mass is 9.99. The Labute approximate surface area is 119 Å². The van der Waals surface area contributed by atoms with Gasteiger partial charge in [-0.25, -0.2) is 0 Å². The number of para-hydroxylation sites is 1. The molecule has 0 heterocycles. The van der Waals surface area contributed by atoms with Crippen molar-refractivity contribution in [3.05, 3.63) is 28.3 Å². The number of benzene rings is 1. The fourth-order valence-electron chi connectivity index (χ4n) is 2.20. The van der Waals surface area contributed by atoms with E-state index in [9.17, 15) is 10.1 Å². The van der Waals surface area contributed by atoms with E-state index < -0.39 is 4.92 Å². The zero-order chi connectivity index (χ0) is 15.0. The van der Waals surface area contributed by atoms with Gasteiger partial charge in [-0.3, -0.25) is 16.0 Å². The van der Waals surface area contributed by atoms with E-state index in [0.717, 1.165) is 19.4 Å². The SMILES string of the molecule is CCCCC(CC)CNc1cccc(NN)c1[N+](=O)[O-]. The summed E-state index contributed by atoms with van der Waals surface area (Å²) in [4.78, 5) is 10.7. The third kappa shape index (κ3) is 4.38. The van der Waals surface area contributed by atoms with Crippen molar-refractivity contribution < 1.29 is 4.92 Å². The van der Waals surface area contributed by atoms with Crippen LogP contribution in [0.25, 0.3) is 0 Å². The highest BCUT2D eigenvalue weighted by Gasteiger charge is 2.19. The van der Waals surface area contributed by atoms with E-state index in [0.29, 0.717) is 17.3 Å². The van der Waals surface area contributed by atoms with Crippen molar-refractivity contribution in [3.63, 3.8) is 0 Å². The summed E-state index contributed by atoms with van der Waals surface area (Å²) in [6.45, 7) is 5.06. The summed E-state index contributed by atoms with van der Waals surface area (Å²) in [5.74, 6) is 5.85. The molecule has 0 aliphatic heterocycles. The maximum atomic E-state index is 11.2. The first kappa shape index (κ1) is 16.2. The fraction of sp³-hybridized carbons (Fsp3) is 0.571. The molecule has 6 heteroatoms. The minimum absolute atomic E-state index is 0.000319. The number of nitrogens with two attached hydrogens (primary N) is 1. The molecular weight excluding hydrogens is 256 g/mol. The lowest BCUT2D eigenvalue weighted by Gasteiger charge is -2.16. The summed E-state index contributed by atoms with van der Waals surface area (Å²) in [7, 11) is 0. The number of anilines is 2. The second-order valence-corrected chi connectivity index (χ2v) is 4.90. The van der Waals surface area contributed by atoms with Crippen molar-refractivity contribution in [3.8, 4) is 0 Å². The van der Waals surface area contributed by atoms with Crippen LogP contribution >= 0.6 is 0 Å². The second-order valence-electron chi connectivity index (χ2n) is 4.90. The first-order valence-electron chi connectivity index (χ1n) is 7.11. The molecule has 6 nitrogen and oxygen atoms in total. The van der Waals surface area contributed by atoms with Crippen LogP contribution < -0.4 is 16.6 Å². The van der Waals surface area contributed by atoms with Crippen molar-refractivity contribution in [2.24, 2.45) is 11.8 Å². The summed E-state index contributed by atoms with van der Waals surface area (Å²) < 4.78 is 0. The minimum atomic E-state index is -0.412. The van der Waals surface area contributed by atoms with E-state index in [1.165, 1.54) is 12.8 Å². The van der Waals surface area contributed by atoms with Gasteiger partial charge in [0.2, 0.25) is 0 Å². The Hall–Kier alpha value is -1.82. The predicted octanol–water partition coefficient (Wildman–Crippen LogP) is 3.51. The maximum Gasteiger partial charge on any atom is 0.316 e. The molecule has 0 saturated heterocycles. The monoisotopic (exact) mass is 280 g/mol. The minimum Gasteiger partial charge on any atom is -0.379 e. The Morgan fingerprint density at radius 2 is 2.05 bits per heavy atom. The Morgan fingerprint density at radius 1 is 1.35 bits per heavy atom. The highest BCUT2D eigenvalue weighted by molar-refractivity contribution is 5.75. The van der Waals surface area contributed by atoms with Gasteiger partial charge < -0.3 is 10.7 Å². The van der Waals surface area contributed by atoms with Crippen LogP contribution in [-0.2, 0) is 0 Å². The topological polar surface area (TPSA) is 93.2 Å². The molecule has 0 aromatic heterocycles. The summed E-state index contributed by atoms with van der Waals surface area (Å²) in [5.41, 5.74) is 3.21. The molecule has 1 unspecified atom stereocenters. The molecule has 1 atom stereocenters. The molecule has 4 N–H and O–H groups in total. The molecule has 0 spiro atoms. The van der Waals surface area contributed by atoms with Gasteiger partial charge in [0.25, 0.3) is 0 Å². The van der Waals surface area contributed by atoms with E-state index >= 15 is 0 Å². The molecule has 1 aromatic rings. The average molecular weight is 280 g/mol. The third-order valence-electron chi connectivity index (χ3n) is 3.50. The highest BCUT2D eigenvalue weighted by Crippen LogP contribution is 2.32. The molecule has 0 aliphatic carbocycles. The highest BCUT2D eigenvalue weighted by atomic mass is 16.6. The Morgan fingerprint density at radius 3 is 2.60 bits per heavy atom.